The van der Waals surface area contributed by atoms with Crippen molar-refractivity contribution in [3.8, 4) is 0 Å². The molecule has 0 aliphatic carbocycles. The van der Waals surface area contributed by atoms with Crippen molar-refractivity contribution in [3.63, 3.8) is 0 Å². The average Bonchev–Trinajstić information content (AvgIpc) is 0. The van der Waals surface area contributed by atoms with E-state index < -0.39 is 0 Å². The van der Waals surface area contributed by atoms with Gasteiger partial charge in [0.2, 0.25) is 0 Å². The second-order valence-electron chi connectivity index (χ2n) is 0. The van der Waals surface area contributed by atoms with Crippen molar-refractivity contribution in [2.24, 2.45) is 0 Å². The smallest absolute Gasteiger partial charge is 0 e. The van der Waals surface area contributed by atoms with E-state index in [-0.39, 0.29) is 40.5 Å². The number of hydrogen-bond acceptors (Lipinski definition) is 0. The van der Waals surface area contributed by atoms with Crippen molar-refractivity contribution in [2.45, 2.75) is 0 Å². The molecule has 0 amide bonds. The topological polar surface area (TPSA) is 0 Å². The second kappa shape index (κ2) is 14.2. The van der Waals surface area contributed by atoms with E-state index in [1.807, 2.05) is 0 Å². The molecule has 0 saturated heterocycles. The van der Waals surface area contributed by atoms with Crippen LogP contribution in [0.25, 0.3) is 0 Å². The van der Waals surface area contributed by atoms with Gasteiger partial charge < -0.3 is 40.5 Å². The van der Waals surface area contributed by atoms with Crippen LogP contribution >= 0.6 is 0 Å². The van der Waals surface area contributed by atoms with Gasteiger partial charge in [-0.1, -0.05) is 0 Å². The van der Waals surface area contributed by atoms with E-state index >= 15 is 0 Å². The van der Waals surface area contributed by atoms with Gasteiger partial charge in [0, 0.05) is 0 Å². The number of hydrogen-bond donors (Lipinski definition) is 0. The monoisotopic (exact) mass is 612 g/mol. The van der Waals surface area contributed by atoms with E-state index in [0.717, 1.165) is 0 Å². The van der Waals surface area contributed by atoms with Gasteiger partial charge in [0.05, 0.1) is 0 Å². The van der Waals surface area contributed by atoms with Gasteiger partial charge in [0.25, 0.3) is 0 Å². The first-order valence-electron chi connectivity index (χ1n) is 0. The van der Waals surface area contributed by atoms with Crippen LogP contribution in [0.3, 0.4) is 0 Å². The summed E-state index contributed by atoms with van der Waals surface area (Å²) in [5.74, 6) is 0. The van der Waals surface area contributed by atoms with E-state index in [0.29, 0.717) is 0 Å². The zero-order valence-corrected chi connectivity index (χ0v) is 8.85. The molecule has 0 rings (SSSR count). The molecule has 0 N–H and O–H groups in total. The van der Waals surface area contributed by atoms with Crippen LogP contribution < -0.4 is 0 Å². The molecule has 0 aliphatic rings. The van der Waals surface area contributed by atoms with Crippen LogP contribution in [-0.4, -0.2) is 0 Å². The van der Waals surface area contributed by atoms with E-state index in [1.165, 1.54) is 0 Å². The molecule has 0 aliphatic heterocycles. The molecule has 0 atom stereocenters. The third-order valence-corrected chi connectivity index (χ3v) is 0. The second-order valence-corrected chi connectivity index (χ2v) is 0. The Morgan fingerprint density at radius 2 is 0.400 bits per heavy atom. The zero-order chi connectivity index (χ0) is 0. The van der Waals surface area contributed by atoms with E-state index in [2.05, 4.69) is 0 Å². The fraction of sp³-hybridized carbons (Fsp3) is 0. The molecule has 0 spiro atoms. The van der Waals surface area contributed by atoms with Gasteiger partial charge in [0.1, 0.15) is 0 Å². The first-order valence-corrected chi connectivity index (χ1v) is 0. The molecule has 0 saturated carbocycles. The normalized spacial score (nSPS) is 0. The summed E-state index contributed by atoms with van der Waals surface area (Å²) >= 11 is 0. The van der Waals surface area contributed by atoms with Gasteiger partial charge in [-0.2, -0.15) is 0 Å². The van der Waals surface area contributed by atoms with Crippen LogP contribution in [0.5, 0.6) is 0 Å². The SMILES string of the molecule is [Md].[Md].[S-2].[S-2].[S-2]. The van der Waals surface area contributed by atoms with Crippen LogP contribution in [0.2, 0.25) is 0 Å². The van der Waals surface area contributed by atoms with Crippen LogP contribution in [0.4, 0.5) is 0 Å². The molecule has 5 heavy (non-hydrogen) atoms. The molecule has 0 nitrogen and oxygen atoms in total. The number of rotatable bonds is 0. The fourth-order valence-corrected chi connectivity index (χ4v) is 0. The average molecular weight is 612 g/mol. The molecule has 0 unspecified atom stereocenters. The molecular weight excluding hydrogens is 612 g/mol. The Bertz CT molecular complexity index is 4.85. The van der Waals surface area contributed by atoms with E-state index in [1.54, 1.807) is 0 Å². The van der Waals surface area contributed by atoms with Crippen LogP contribution in [0.1, 0.15) is 0 Å². The maximum absolute atomic E-state index is 0. The van der Waals surface area contributed by atoms with Gasteiger partial charge in [-0.05, 0) is 0 Å². The summed E-state index contributed by atoms with van der Waals surface area (Å²) in [4.78, 5) is 0. The summed E-state index contributed by atoms with van der Waals surface area (Å²) < 4.78 is 0. The third kappa shape index (κ3) is 3.73. The Labute approximate surface area is 40.9 Å². The molecular formula is Md2S3-6. The van der Waals surface area contributed by atoms with Crippen LogP contribution in [0, 0.1) is 0 Å². The van der Waals surface area contributed by atoms with Crippen molar-refractivity contribution in [1.82, 2.24) is 0 Å². The molecule has 2 radical (unpaired) electrons. The molecule has 0 heterocycles. The Kier molecular flexibility index (Phi) is 119. The Morgan fingerprint density at radius 1 is 0.400 bits per heavy atom. The van der Waals surface area contributed by atoms with Crippen molar-refractivity contribution in [1.29, 1.82) is 0 Å². The zero-order valence-electron chi connectivity index (χ0n) is 1.78. The summed E-state index contributed by atoms with van der Waals surface area (Å²) in [6, 6.07) is 0. The predicted octanol–water partition coefficient (Wildman–Crippen LogP) is -0.00720. The minimum atomic E-state index is 0. The fourth-order valence-electron chi connectivity index (χ4n) is 0. The van der Waals surface area contributed by atoms with E-state index in [4.69, 9.17) is 0 Å². The standard InChI is InChI=1S/2Md.3S/q;;3*-2. The first-order chi connectivity index (χ1) is 0. The van der Waals surface area contributed by atoms with Gasteiger partial charge >= 0.3 is 0 Å². The summed E-state index contributed by atoms with van der Waals surface area (Å²) in [5.41, 5.74) is 0. The van der Waals surface area contributed by atoms with Gasteiger partial charge in [0.15, 0.2) is 0 Å². The van der Waals surface area contributed by atoms with Gasteiger partial charge in [-0.3, -0.25) is 0 Å². The largest absolute Gasteiger partial charge is 2.00 e. The first kappa shape index (κ1) is 41.7. The Hall–Kier alpha value is -0.950. The van der Waals surface area contributed by atoms with Gasteiger partial charge in [-0.15, -0.1) is 0 Å². The van der Waals surface area contributed by atoms with Gasteiger partial charge in [-0.25, -0.2) is 0 Å². The van der Waals surface area contributed by atoms with Crippen molar-refractivity contribution < 1.29 is 0 Å². The Morgan fingerprint density at radius 3 is 0.400 bits per heavy atom. The van der Waals surface area contributed by atoms with Crippen molar-refractivity contribution in [3.05, 3.63) is 0 Å². The summed E-state index contributed by atoms with van der Waals surface area (Å²) in [6.45, 7) is 0. The minimum absolute atomic E-state index is 0. The summed E-state index contributed by atoms with van der Waals surface area (Å²) in [5, 5.41) is 0. The van der Waals surface area contributed by atoms with Crippen LogP contribution in [0.15, 0.2) is 0 Å². The molecule has 0 aromatic rings. The molecule has 5 heteroatoms. The predicted molar refractivity (Wildman–Crippen MR) is 22.1 cm³/mol. The van der Waals surface area contributed by atoms with E-state index in [9.17, 15) is 0 Å². The third-order valence-electron chi connectivity index (χ3n) is 0. The maximum atomic E-state index is 0. The van der Waals surface area contributed by atoms with Crippen molar-refractivity contribution in [2.75, 3.05) is 0 Å². The quantitative estimate of drug-likeness (QED) is 0.362. The molecule has 0 aromatic heterocycles. The molecule has 0 bridgehead atoms. The minimum Gasteiger partial charge on any atom is -2.00 e. The summed E-state index contributed by atoms with van der Waals surface area (Å²) in [6.07, 6.45) is 0. The molecule has 0 aromatic carbocycles. The van der Waals surface area contributed by atoms with Crippen LogP contribution in [-0.2, 0) is 40.5 Å². The summed E-state index contributed by atoms with van der Waals surface area (Å²) in [7, 11) is 0. The molecule has 50 valence electrons. The maximum Gasteiger partial charge on any atom is 0 e. The van der Waals surface area contributed by atoms with Crippen molar-refractivity contribution >= 4 is 40.5 Å². The Balaban J connectivity index is 0. The molecule has 0 fully saturated rings.